The number of likely N-dealkylation sites (tertiary alicyclic amines) is 1. The molecule has 1 aromatic rings. The SMILES string of the molecule is COc1ncc(F)cc1CN1C[C@H]2C[C@@H](N3CCN(C)CC3)[C@H](O)C[C@H]2C1. The minimum absolute atomic E-state index is 0.236. The molecule has 2 saturated heterocycles. The number of aromatic nitrogens is 1. The number of aliphatic hydroxyl groups excluding tert-OH is 1. The number of pyridine rings is 1. The Hall–Kier alpha value is -1.28. The summed E-state index contributed by atoms with van der Waals surface area (Å²) in [5.74, 6) is 1.30. The molecule has 7 heteroatoms. The fourth-order valence-electron chi connectivity index (χ4n) is 5.19. The highest BCUT2D eigenvalue weighted by Crippen LogP contribution is 2.39. The van der Waals surface area contributed by atoms with E-state index in [1.807, 2.05) is 0 Å². The minimum atomic E-state index is -0.326. The largest absolute Gasteiger partial charge is 0.481 e. The number of methoxy groups -OCH3 is 1. The van der Waals surface area contributed by atoms with Crippen LogP contribution < -0.4 is 4.74 Å². The van der Waals surface area contributed by atoms with Crippen LogP contribution in [-0.4, -0.2) is 90.4 Å². The Morgan fingerprint density at radius 3 is 2.59 bits per heavy atom. The quantitative estimate of drug-likeness (QED) is 0.845. The third-order valence-corrected chi connectivity index (χ3v) is 6.67. The molecule has 3 aliphatic rings. The number of likely N-dealkylation sites (N-methyl/N-ethyl adjacent to an activating group) is 1. The zero-order valence-electron chi connectivity index (χ0n) is 16.4. The van der Waals surface area contributed by atoms with Gasteiger partial charge in [-0.15, -0.1) is 0 Å². The van der Waals surface area contributed by atoms with Crippen molar-refractivity contribution in [2.24, 2.45) is 11.8 Å². The maximum absolute atomic E-state index is 13.6. The summed E-state index contributed by atoms with van der Waals surface area (Å²) in [6, 6.07) is 1.81. The molecule has 1 aliphatic carbocycles. The van der Waals surface area contributed by atoms with Crippen LogP contribution in [0.2, 0.25) is 0 Å². The summed E-state index contributed by atoms with van der Waals surface area (Å²) >= 11 is 0. The van der Waals surface area contributed by atoms with Crippen LogP contribution in [0.4, 0.5) is 4.39 Å². The van der Waals surface area contributed by atoms with Crippen LogP contribution in [0.25, 0.3) is 0 Å². The fraction of sp³-hybridized carbons (Fsp3) is 0.750. The molecule has 0 unspecified atom stereocenters. The molecule has 0 aromatic carbocycles. The van der Waals surface area contributed by atoms with Crippen LogP contribution in [0.1, 0.15) is 18.4 Å². The summed E-state index contributed by atoms with van der Waals surface area (Å²) in [6.07, 6.45) is 2.89. The second-order valence-electron chi connectivity index (χ2n) is 8.48. The van der Waals surface area contributed by atoms with Gasteiger partial charge in [-0.25, -0.2) is 9.37 Å². The molecule has 3 heterocycles. The van der Waals surface area contributed by atoms with Crippen LogP contribution in [0.15, 0.2) is 12.3 Å². The van der Waals surface area contributed by atoms with E-state index in [4.69, 9.17) is 4.74 Å². The smallest absolute Gasteiger partial charge is 0.217 e. The van der Waals surface area contributed by atoms with Crippen LogP contribution in [0.3, 0.4) is 0 Å². The molecule has 0 amide bonds. The molecule has 0 spiro atoms. The first-order valence-corrected chi connectivity index (χ1v) is 10.0. The molecule has 1 saturated carbocycles. The first-order chi connectivity index (χ1) is 13.0. The van der Waals surface area contributed by atoms with E-state index < -0.39 is 0 Å². The molecule has 4 rings (SSSR count). The minimum Gasteiger partial charge on any atom is -0.481 e. The predicted molar refractivity (Wildman–Crippen MR) is 101 cm³/mol. The van der Waals surface area contributed by atoms with Gasteiger partial charge < -0.3 is 14.7 Å². The Kier molecular flexibility index (Phi) is 5.64. The van der Waals surface area contributed by atoms with E-state index in [0.29, 0.717) is 24.3 Å². The van der Waals surface area contributed by atoms with Gasteiger partial charge in [0.1, 0.15) is 5.82 Å². The number of ether oxygens (including phenoxy) is 1. The normalized spacial score (nSPS) is 33.2. The van der Waals surface area contributed by atoms with Gasteiger partial charge in [0.15, 0.2) is 0 Å². The first-order valence-electron chi connectivity index (χ1n) is 10.0. The lowest BCUT2D eigenvalue weighted by molar-refractivity contribution is -0.0249. The average Bonchev–Trinajstić information content (AvgIpc) is 3.03. The van der Waals surface area contributed by atoms with Gasteiger partial charge in [0.2, 0.25) is 5.88 Å². The van der Waals surface area contributed by atoms with Gasteiger partial charge in [-0.1, -0.05) is 0 Å². The van der Waals surface area contributed by atoms with Crippen molar-refractivity contribution in [2.45, 2.75) is 31.5 Å². The molecular formula is C20H31FN4O2. The van der Waals surface area contributed by atoms with Crippen molar-refractivity contribution in [3.8, 4) is 5.88 Å². The summed E-state index contributed by atoms with van der Waals surface area (Å²) in [6.45, 7) is 6.86. The Labute approximate surface area is 160 Å². The molecule has 1 N–H and O–H groups in total. The molecule has 1 aromatic heterocycles. The Morgan fingerprint density at radius 1 is 1.19 bits per heavy atom. The summed E-state index contributed by atoms with van der Waals surface area (Å²) in [4.78, 5) is 11.3. The van der Waals surface area contributed by atoms with Gasteiger partial charge in [-0.05, 0) is 37.8 Å². The fourth-order valence-corrected chi connectivity index (χ4v) is 5.19. The molecule has 6 nitrogen and oxygen atoms in total. The number of halogens is 1. The average molecular weight is 378 g/mol. The van der Waals surface area contributed by atoms with E-state index in [9.17, 15) is 9.50 Å². The maximum Gasteiger partial charge on any atom is 0.217 e. The highest BCUT2D eigenvalue weighted by molar-refractivity contribution is 5.26. The second kappa shape index (κ2) is 7.99. The number of rotatable bonds is 4. The van der Waals surface area contributed by atoms with Crippen molar-refractivity contribution in [3.05, 3.63) is 23.6 Å². The van der Waals surface area contributed by atoms with Crippen LogP contribution >= 0.6 is 0 Å². The zero-order chi connectivity index (χ0) is 19.0. The Bertz CT molecular complexity index is 653. The van der Waals surface area contributed by atoms with E-state index in [-0.39, 0.29) is 18.0 Å². The molecule has 4 atom stereocenters. The van der Waals surface area contributed by atoms with Crippen molar-refractivity contribution in [1.82, 2.24) is 19.7 Å². The van der Waals surface area contributed by atoms with Crippen LogP contribution in [-0.2, 0) is 6.54 Å². The van der Waals surface area contributed by atoms with Gasteiger partial charge >= 0.3 is 0 Å². The van der Waals surface area contributed by atoms with Gasteiger partial charge in [0.25, 0.3) is 0 Å². The summed E-state index contributed by atoms with van der Waals surface area (Å²) in [5.41, 5.74) is 0.798. The molecule has 3 fully saturated rings. The summed E-state index contributed by atoms with van der Waals surface area (Å²) in [7, 11) is 3.74. The monoisotopic (exact) mass is 378 g/mol. The summed E-state index contributed by atoms with van der Waals surface area (Å²) < 4.78 is 18.9. The lowest BCUT2D eigenvalue weighted by atomic mass is 9.77. The Balaban J connectivity index is 1.39. The van der Waals surface area contributed by atoms with E-state index in [0.717, 1.165) is 57.7 Å². The Morgan fingerprint density at radius 2 is 1.89 bits per heavy atom. The van der Waals surface area contributed by atoms with Crippen molar-refractivity contribution < 1.29 is 14.2 Å². The van der Waals surface area contributed by atoms with Gasteiger partial charge in [0, 0.05) is 57.4 Å². The molecular weight excluding hydrogens is 347 g/mol. The molecule has 0 bridgehead atoms. The number of nitrogens with zero attached hydrogens (tertiary/aromatic N) is 4. The van der Waals surface area contributed by atoms with Crippen molar-refractivity contribution in [3.63, 3.8) is 0 Å². The van der Waals surface area contributed by atoms with E-state index >= 15 is 0 Å². The molecule has 0 radical (unpaired) electrons. The molecule has 150 valence electrons. The van der Waals surface area contributed by atoms with Gasteiger partial charge in [-0.2, -0.15) is 0 Å². The number of aliphatic hydroxyl groups is 1. The highest BCUT2D eigenvalue weighted by Gasteiger charge is 2.43. The predicted octanol–water partition coefficient (Wildman–Crippen LogP) is 1.05. The first kappa shape index (κ1) is 19.1. The van der Waals surface area contributed by atoms with Crippen molar-refractivity contribution in [1.29, 1.82) is 0 Å². The molecule has 2 aliphatic heterocycles. The third-order valence-electron chi connectivity index (χ3n) is 6.67. The standard InChI is InChI=1S/C20H31FN4O2/c1-23-3-5-25(6-4-23)18-8-14-11-24(12-15(14)9-19(18)26)13-16-7-17(21)10-22-20(16)27-2/h7,10,14-15,18-19,26H,3-6,8-9,11-13H2,1-2H3/t14-,15+,18-,19-/m1/s1. The zero-order valence-corrected chi connectivity index (χ0v) is 16.4. The second-order valence-corrected chi connectivity index (χ2v) is 8.48. The molecule has 27 heavy (non-hydrogen) atoms. The van der Waals surface area contributed by atoms with Crippen LogP contribution in [0.5, 0.6) is 5.88 Å². The van der Waals surface area contributed by atoms with Crippen molar-refractivity contribution >= 4 is 0 Å². The number of fused-ring (bicyclic) bond motifs is 1. The van der Waals surface area contributed by atoms with E-state index in [2.05, 4.69) is 26.7 Å². The number of hydrogen-bond donors (Lipinski definition) is 1. The van der Waals surface area contributed by atoms with E-state index in [1.54, 1.807) is 7.11 Å². The van der Waals surface area contributed by atoms with Gasteiger partial charge in [0.05, 0.1) is 19.4 Å². The van der Waals surface area contributed by atoms with E-state index in [1.165, 1.54) is 12.3 Å². The van der Waals surface area contributed by atoms with Crippen LogP contribution in [0, 0.1) is 17.7 Å². The lowest BCUT2D eigenvalue weighted by Crippen LogP contribution is -2.55. The number of piperazine rings is 1. The van der Waals surface area contributed by atoms with Gasteiger partial charge in [-0.3, -0.25) is 9.80 Å². The highest BCUT2D eigenvalue weighted by atomic mass is 19.1. The lowest BCUT2D eigenvalue weighted by Gasteiger charge is -2.44. The third kappa shape index (κ3) is 4.11. The summed E-state index contributed by atoms with van der Waals surface area (Å²) in [5, 5.41) is 10.8. The maximum atomic E-state index is 13.6. The van der Waals surface area contributed by atoms with Crippen molar-refractivity contribution in [2.75, 3.05) is 53.4 Å². The topological polar surface area (TPSA) is 52.1 Å². The number of hydrogen-bond acceptors (Lipinski definition) is 6.